The van der Waals surface area contributed by atoms with E-state index in [0.29, 0.717) is 53.3 Å². The highest BCUT2D eigenvalue weighted by atomic mass is 32.2. The Morgan fingerprint density at radius 3 is 1.95 bits per heavy atom. The highest BCUT2D eigenvalue weighted by molar-refractivity contribution is 8.00. The number of aliphatic carboxylic acids is 1. The van der Waals surface area contributed by atoms with Gasteiger partial charge in [-0.3, -0.25) is 81.5 Å². The number of thioether (sulfide) groups is 1. The fraction of sp³-hybridized carbons (Fsp3) is 0.494. The molecule has 0 radical (unpaired) electrons. The maximum atomic E-state index is 15.6. The van der Waals surface area contributed by atoms with Crippen LogP contribution in [0.2, 0.25) is 0 Å². The van der Waals surface area contributed by atoms with Gasteiger partial charge in [0.15, 0.2) is 11.6 Å². The van der Waals surface area contributed by atoms with Gasteiger partial charge >= 0.3 is 5.97 Å². The number of aromatic amines is 2. The Morgan fingerprint density at radius 1 is 0.602 bits per heavy atom. The summed E-state index contributed by atoms with van der Waals surface area (Å²) in [6, 6.07) is 5.15. The van der Waals surface area contributed by atoms with Gasteiger partial charge in [0, 0.05) is 106 Å². The van der Waals surface area contributed by atoms with Crippen LogP contribution >= 0.6 is 11.8 Å². The van der Waals surface area contributed by atoms with Gasteiger partial charge in [0.05, 0.1) is 49.8 Å². The molecule has 0 aliphatic carbocycles. The number of phenolic OH excluding ortho intramolecular Hbond substituents is 1. The lowest BCUT2D eigenvalue weighted by Crippen LogP contribution is -2.60. The number of carbonyl (C=O) groups is 17. The van der Waals surface area contributed by atoms with Gasteiger partial charge in [-0.2, -0.15) is 0 Å². The number of hydrogen-bond donors (Lipinski definition) is 17. The number of H-pyrrole nitrogens is 2. The number of amides is 15. The summed E-state index contributed by atoms with van der Waals surface area (Å²) < 4.78 is 1.23. The molecule has 3 aliphatic rings. The van der Waals surface area contributed by atoms with Crippen LogP contribution in [0.25, 0.3) is 21.7 Å². The molecular weight excluding hydrogens is 1750 g/mol. The summed E-state index contributed by atoms with van der Waals surface area (Å²) in [5, 5.41) is 81.8. The van der Waals surface area contributed by atoms with Gasteiger partial charge in [-0.1, -0.05) is 112 Å². The number of nitrogens with one attached hydrogen (secondary N) is 11. The van der Waals surface area contributed by atoms with Gasteiger partial charge in [-0.25, -0.2) is 9.67 Å². The van der Waals surface area contributed by atoms with Gasteiger partial charge in [-0.15, -0.1) is 16.9 Å². The molecule has 43 nitrogen and oxygen atoms in total. The van der Waals surface area contributed by atoms with Crippen LogP contribution in [0.5, 0.6) is 5.75 Å². The Balaban J connectivity index is 1.02. The Bertz CT molecular complexity index is 5360. The lowest BCUT2D eigenvalue weighted by molar-refractivity contribution is -0.147. The van der Waals surface area contributed by atoms with Gasteiger partial charge in [0.2, 0.25) is 88.6 Å². The summed E-state index contributed by atoms with van der Waals surface area (Å²) in [7, 11) is 2.57. The van der Waals surface area contributed by atoms with E-state index in [9.17, 15) is 73.2 Å². The summed E-state index contributed by atoms with van der Waals surface area (Å²) >= 11 is 0.771. The summed E-state index contributed by atoms with van der Waals surface area (Å²) in [6.07, 6.45) is 0.496. The summed E-state index contributed by atoms with van der Waals surface area (Å²) in [5.41, 5.74) is 13.5. The van der Waals surface area contributed by atoms with Crippen LogP contribution in [0, 0.1) is 5.92 Å². The molecular formula is C89H116N22O21S. The van der Waals surface area contributed by atoms with Gasteiger partial charge in [0.1, 0.15) is 72.2 Å². The average molecular weight is 1860 g/mol. The van der Waals surface area contributed by atoms with Crippen molar-refractivity contribution in [2.75, 3.05) is 51.8 Å². The lowest BCUT2D eigenvalue weighted by Gasteiger charge is -2.32. The van der Waals surface area contributed by atoms with E-state index in [1.54, 1.807) is 48.7 Å². The quantitative estimate of drug-likeness (QED) is 0.0346. The Hall–Kier alpha value is -13.8. The first-order valence-electron chi connectivity index (χ1n) is 44.1. The number of Topliss-reactive ketones (excluding diaryl/α,β-unsaturated/α-hetero) is 1. The van der Waals surface area contributed by atoms with Crippen LogP contribution in [0.1, 0.15) is 151 Å². The van der Waals surface area contributed by atoms with Gasteiger partial charge in [-0.05, 0) is 108 Å². The van der Waals surface area contributed by atoms with Crippen molar-refractivity contribution in [1.29, 1.82) is 0 Å². The van der Waals surface area contributed by atoms with E-state index in [2.05, 4.69) is 78.3 Å². The third-order valence-electron chi connectivity index (χ3n) is 23.9. The van der Waals surface area contributed by atoms with E-state index in [0.717, 1.165) is 37.2 Å². The second-order valence-electron chi connectivity index (χ2n) is 33.6. The number of aliphatic hydroxyl groups is 2. The molecule has 6 heterocycles. The van der Waals surface area contributed by atoms with Crippen LogP contribution in [0.15, 0.2) is 110 Å². The first-order chi connectivity index (χ1) is 63.6. The Morgan fingerprint density at radius 2 is 1.26 bits per heavy atom. The molecule has 2 fully saturated rings. The number of fused-ring (bicyclic) bond motifs is 5. The number of carboxylic acid groups (broad SMARTS) is 1. The number of rotatable bonds is 23. The van der Waals surface area contributed by atoms with Crippen molar-refractivity contribution in [3.05, 3.63) is 138 Å². The van der Waals surface area contributed by atoms with Crippen LogP contribution in [0.3, 0.4) is 0 Å². The number of unbranched alkanes of at least 4 members (excludes halogenated alkanes) is 2. The molecule has 19 N–H and O–H groups in total. The fourth-order valence-electron chi connectivity index (χ4n) is 16.5. The topological polar surface area (TPSA) is 632 Å². The predicted octanol–water partition coefficient (Wildman–Crippen LogP) is -1.52. The molecule has 133 heavy (non-hydrogen) atoms. The average Bonchev–Trinajstić information content (AvgIpc) is 1.72. The second-order valence-corrected chi connectivity index (χ2v) is 34.6. The molecule has 15 amide bonds. The number of tetrazole rings is 1. The number of likely N-dealkylation sites (N-methyl/N-ethyl adjacent to an activating group) is 2. The Labute approximate surface area is 769 Å². The number of aromatic hydroxyl groups is 1. The normalized spacial score (nSPS) is 24.8. The van der Waals surface area contributed by atoms with Crippen molar-refractivity contribution in [3.63, 3.8) is 0 Å². The zero-order valence-electron chi connectivity index (χ0n) is 74.6. The van der Waals surface area contributed by atoms with Crippen molar-refractivity contribution in [3.8, 4) is 5.75 Å². The molecule has 2 saturated heterocycles. The zero-order valence-corrected chi connectivity index (χ0v) is 75.4. The van der Waals surface area contributed by atoms with Crippen LogP contribution in [-0.2, 0) is 107 Å². The number of nitrogens with two attached hydrogens (primary N) is 2. The number of carbonyl (C=O) groups excluding carboxylic acids is 16. The van der Waals surface area contributed by atoms with E-state index >= 15 is 28.8 Å². The molecule has 15 atom stereocenters. The number of para-hydroxylation sites is 1. The lowest BCUT2D eigenvalue weighted by atomic mass is 9.90. The van der Waals surface area contributed by atoms with Gasteiger partial charge < -0.3 is 109 Å². The molecule has 7 aromatic rings. The highest BCUT2D eigenvalue weighted by Crippen LogP contribution is 2.32. The molecule has 0 unspecified atom stereocenters. The number of ketones is 1. The fourth-order valence-corrected chi connectivity index (χ4v) is 17.4. The maximum Gasteiger partial charge on any atom is 0.305 e. The van der Waals surface area contributed by atoms with E-state index in [-0.39, 0.29) is 75.2 Å². The highest BCUT2D eigenvalue weighted by Gasteiger charge is 2.46. The number of aliphatic hydroxyl groups excluding tert-OH is 2. The molecule has 3 aliphatic heterocycles. The van der Waals surface area contributed by atoms with Gasteiger partial charge in [0.25, 0.3) is 0 Å². The largest absolute Gasteiger partial charge is 0.508 e. The molecule has 0 saturated carbocycles. The maximum absolute atomic E-state index is 15.6. The minimum Gasteiger partial charge on any atom is -0.508 e. The number of primary amides is 2. The smallest absolute Gasteiger partial charge is 0.305 e. The number of carboxylic acids is 1. The standard InChI is InChI=1S/C89H116N22O21S/c1-7-9-23-68-84(127)96-48(3)78(121)103-67(81(124)94-42-74(91)117)45-133-46-75(118)97-64(33-50-26-28-56(113)29-27-50)86(129)107(5)49(4)79(122)101-65(39-76(119)120)88(131)109-32-16-25-69(109)85(128)100-63(37-55-41-92-47-95-55)82(125)98-61(30-31-73(90)116)87(130)110-43-57(114)38-71(110)72(115)36-53(34-54-40-93-60-22-14-13-21-59(54)60)80(123)102-66(44-112)83(126)99-62(35-52-19-15-18-51-17-11-12-20-58(51)52)77-104-105-106-111(77)70(24-10-8-2)89(132)108(68)6/h11-15,17-22,26-29,40-41,47-49,53,57,61-71,93,112-114H,7-10,16,23-25,30-39,42-46H2,1-6H3,(H2,90,116)(H2,91,117)(H,92,95)(H,94,124)(H,96,127)(H,97,118)(H,98,125)(H,99,126)(H,100,128)(H,101,122)(H,102,123)(H,103,121)(H,119,120)/t48-,49-,53+,57+,61-,62-,63-,64-,65-,66-,67-,68-,69-,70-,71-/m0/s1. The molecule has 10 rings (SSSR count). The number of imidazole rings is 1. The third kappa shape index (κ3) is 27.2. The van der Waals surface area contributed by atoms with Crippen LogP contribution < -0.4 is 59.3 Å². The number of benzene rings is 4. The van der Waals surface area contributed by atoms with Crippen molar-refractivity contribution >= 4 is 134 Å². The molecule has 0 bridgehead atoms. The number of hydrogen-bond acceptors (Lipinski definition) is 25. The summed E-state index contributed by atoms with van der Waals surface area (Å²) in [6.45, 7) is 3.79. The minimum atomic E-state index is -1.92. The summed E-state index contributed by atoms with van der Waals surface area (Å²) in [5.74, 6) is -19.3. The zero-order chi connectivity index (χ0) is 96.4. The molecule has 44 heteroatoms. The van der Waals surface area contributed by atoms with Crippen LogP contribution in [0.4, 0.5) is 0 Å². The number of nitrogens with zero attached hydrogens (tertiary/aromatic N) is 9. The number of aromatic nitrogens is 7. The molecule has 3 aromatic heterocycles. The van der Waals surface area contributed by atoms with Crippen LogP contribution in [-0.4, -0.2) is 300 Å². The minimum absolute atomic E-state index is 0.0347. The van der Waals surface area contributed by atoms with E-state index < -0.39 is 254 Å². The van der Waals surface area contributed by atoms with Crippen molar-refractivity contribution in [2.45, 2.75) is 221 Å². The number of phenols is 1. The predicted molar refractivity (Wildman–Crippen MR) is 480 cm³/mol. The SMILES string of the molecule is CCCC[C@H]1C(=O)N[C@@H](C)C(=O)N[C@H](C(=O)NCC(N)=O)CSCC(=O)N[C@@H](Cc2ccc(O)cc2)C(=O)N(C)[C@@H](C)C(=O)N[C@@H](CC(=O)O)C(=O)N2CCC[C@H]2C(=O)N[C@@H](Cc2cnc[nH]2)C(=O)N[C@@H](CCC(N)=O)C(=O)N2C[C@H](O)C[C@H]2C(=O)C[C@@H](Cc2c[nH]c3ccccc23)C(=O)N[C@@H](CO)C(=O)N[C@@H](Cc2cccc3ccccc23)c2nnnn2[C@@H](CCCC)C(=O)N1C. The van der Waals surface area contributed by atoms with Crippen molar-refractivity contribution in [2.24, 2.45) is 17.4 Å². The molecule has 0 spiro atoms. The van der Waals surface area contributed by atoms with Crippen molar-refractivity contribution in [1.82, 2.24) is 103 Å². The molecule has 714 valence electrons. The first kappa shape index (κ1) is 101. The summed E-state index contributed by atoms with van der Waals surface area (Å²) in [4.78, 5) is 260. The monoisotopic (exact) mass is 1860 g/mol. The van der Waals surface area contributed by atoms with E-state index in [1.807, 2.05) is 38.1 Å². The van der Waals surface area contributed by atoms with Crippen molar-refractivity contribution < 1.29 is 102 Å². The first-order valence-corrected chi connectivity index (χ1v) is 45.3. The molecule has 4 aromatic carbocycles. The van der Waals surface area contributed by atoms with E-state index in [4.69, 9.17) is 11.5 Å². The van der Waals surface area contributed by atoms with E-state index in [1.165, 1.54) is 74.3 Å². The Kier molecular flexibility index (Phi) is 36.5. The third-order valence-corrected chi connectivity index (χ3v) is 24.9. The second kappa shape index (κ2) is 47.9.